The number of carbonyl (C=O) groups excluding carboxylic acids is 1. The predicted octanol–water partition coefficient (Wildman–Crippen LogP) is 2.80. The molecule has 1 amide bonds. The molecule has 0 radical (unpaired) electrons. The van der Waals surface area contributed by atoms with Crippen LogP contribution in [0.4, 0.5) is 4.79 Å². The molecule has 2 aliphatic carbocycles. The SMILES string of the molecule is C/C=C1\[C@H]2C=C(CC)C[C@]1(NC(=O)OC)Cc1[nH]c(=O)ccc12. The van der Waals surface area contributed by atoms with E-state index in [1.165, 1.54) is 18.3 Å². The number of aromatic nitrogens is 1. The van der Waals surface area contributed by atoms with Gasteiger partial charge in [-0.15, -0.1) is 0 Å². The van der Waals surface area contributed by atoms with Crippen molar-refractivity contribution in [1.82, 2.24) is 10.3 Å². The van der Waals surface area contributed by atoms with E-state index < -0.39 is 11.6 Å². The largest absolute Gasteiger partial charge is 0.453 e. The van der Waals surface area contributed by atoms with E-state index in [4.69, 9.17) is 4.74 Å². The van der Waals surface area contributed by atoms with Gasteiger partial charge in [0.2, 0.25) is 5.56 Å². The highest BCUT2D eigenvalue weighted by atomic mass is 16.5. The van der Waals surface area contributed by atoms with Crippen LogP contribution >= 0.6 is 0 Å². The number of hydrogen-bond donors (Lipinski definition) is 2. The van der Waals surface area contributed by atoms with Gasteiger partial charge in [0, 0.05) is 24.1 Å². The molecule has 3 rings (SSSR count). The number of methoxy groups -OCH3 is 1. The van der Waals surface area contributed by atoms with Crippen LogP contribution in [0, 0.1) is 0 Å². The van der Waals surface area contributed by atoms with Gasteiger partial charge >= 0.3 is 6.09 Å². The molecule has 0 saturated heterocycles. The first-order valence-electron chi connectivity index (χ1n) is 7.97. The van der Waals surface area contributed by atoms with Crippen LogP contribution in [0.3, 0.4) is 0 Å². The Balaban J connectivity index is 2.19. The number of fused-ring (bicyclic) bond motifs is 4. The second-order valence-corrected chi connectivity index (χ2v) is 6.21. The molecule has 5 heteroatoms. The van der Waals surface area contributed by atoms with Crippen LogP contribution in [0.15, 0.2) is 40.2 Å². The van der Waals surface area contributed by atoms with Gasteiger partial charge in [0.25, 0.3) is 0 Å². The third-order valence-corrected chi connectivity index (χ3v) is 4.96. The molecule has 0 saturated carbocycles. The minimum absolute atomic E-state index is 0.0847. The van der Waals surface area contributed by atoms with Gasteiger partial charge in [-0.3, -0.25) is 4.79 Å². The number of alkyl carbamates (subject to hydrolysis) is 1. The van der Waals surface area contributed by atoms with Crippen LogP contribution in [0.5, 0.6) is 0 Å². The summed E-state index contributed by atoms with van der Waals surface area (Å²) in [6, 6.07) is 3.47. The predicted molar refractivity (Wildman–Crippen MR) is 88.5 cm³/mol. The summed E-state index contributed by atoms with van der Waals surface area (Å²) in [4.78, 5) is 26.6. The van der Waals surface area contributed by atoms with Crippen molar-refractivity contribution in [3.63, 3.8) is 0 Å². The minimum atomic E-state index is -0.524. The fourth-order valence-electron chi connectivity index (χ4n) is 3.97. The normalized spacial score (nSPS) is 27.2. The van der Waals surface area contributed by atoms with Crippen LogP contribution in [0.2, 0.25) is 0 Å². The topological polar surface area (TPSA) is 71.2 Å². The molecule has 0 aliphatic heterocycles. The van der Waals surface area contributed by atoms with Gasteiger partial charge in [0.15, 0.2) is 0 Å². The quantitative estimate of drug-likeness (QED) is 0.825. The number of nitrogens with one attached hydrogen (secondary N) is 2. The Bertz CT molecular complexity index is 760. The lowest BCUT2D eigenvalue weighted by Crippen LogP contribution is -2.56. The Kier molecular flexibility index (Phi) is 3.88. The molecule has 23 heavy (non-hydrogen) atoms. The van der Waals surface area contributed by atoms with Crippen molar-refractivity contribution in [3.05, 3.63) is 57.0 Å². The summed E-state index contributed by atoms with van der Waals surface area (Å²) < 4.78 is 4.84. The molecular weight excluding hydrogens is 292 g/mol. The standard InChI is InChI=1S/C18H22N2O3/c1-4-11-8-13-12-6-7-16(21)19-15(12)10-18(9-11,14(13)5-2)20-17(22)23-3/h5-8,13H,4,9-10H2,1-3H3,(H,19,21)(H,20,22)/b14-5+/t13-,18-/m0/s1. The molecule has 5 nitrogen and oxygen atoms in total. The Labute approximate surface area is 135 Å². The highest BCUT2D eigenvalue weighted by Crippen LogP contribution is 2.48. The Morgan fingerprint density at radius 1 is 1.48 bits per heavy atom. The number of amides is 1. The van der Waals surface area contributed by atoms with E-state index in [1.807, 2.05) is 13.0 Å². The van der Waals surface area contributed by atoms with Crippen molar-refractivity contribution in [2.75, 3.05) is 7.11 Å². The second kappa shape index (κ2) is 5.72. The van der Waals surface area contributed by atoms with Gasteiger partial charge in [-0.25, -0.2) is 4.79 Å². The van der Waals surface area contributed by atoms with Crippen LogP contribution in [-0.4, -0.2) is 23.7 Å². The third kappa shape index (κ3) is 2.50. The molecule has 0 spiro atoms. The molecule has 2 atom stereocenters. The average Bonchev–Trinajstić information content (AvgIpc) is 2.53. The number of hydrogen-bond acceptors (Lipinski definition) is 3. The fraction of sp³-hybridized carbons (Fsp3) is 0.444. The highest BCUT2D eigenvalue weighted by molar-refractivity contribution is 5.70. The first kappa shape index (κ1) is 15.6. The van der Waals surface area contributed by atoms with Crippen molar-refractivity contribution in [3.8, 4) is 0 Å². The molecule has 0 fully saturated rings. The number of H-pyrrole nitrogens is 1. The van der Waals surface area contributed by atoms with E-state index in [0.29, 0.717) is 6.42 Å². The Morgan fingerprint density at radius 3 is 2.91 bits per heavy atom. The minimum Gasteiger partial charge on any atom is -0.453 e. The number of carbonyl (C=O) groups is 1. The molecule has 2 N–H and O–H groups in total. The maximum Gasteiger partial charge on any atom is 0.407 e. The van der Waals surface area contributed by atoms with Crippen LogP contribution in [0.1, 0.15) is 43.9 Å². The van der Waals surface area contributed by atoms with Crippen molar-refractivity contribution < 1.29 is 9.53 Å². The molecule has 0 aromatic carbocycles. The molecule has 1 aromatic rings. The van der Waals surface area contributed by atoms with E-state index in [1.54, 1.807) is 6.07 Å². The third-order valence-electron chi connectivity index (χ3n) is 4.96. The molecule has 2 aliphatic rings. The molecule has 0 unspecified atom stereocenters. The molecule has 122 valence electrons. The van der Waals surface area contributed by atoms with Gasteiger partial charge in [0.1, 0.15) is 0 Å². The van der Waals surface area contributed by atoms with Gasteiger partial charge in [0.05, 0.1) is 12.6 Å². The van der Waals surface area contributed by atoms with Crippen LogP contribution in [0.25, 0.3) is 0 Å². The van der Waals surface area contributed by atoms with Crippen molar-refractivity contribution >= 4 is 6.09 Å². The Hall–Kier alpha value is -2.30. The summed E-state index contributed by atoms with van der Waals surface area (Å²) in [6.07, 6.45) is 6.16. The van der Waals surface area contributed by atoms with Gasteiger partial charge in [-0.05, 0) is 30.9 Å². The first-order chi connectivity index (χ1) is 11.0. The van der Waals surface area contributed by atoms with Crippen LogP contribution < -0.4 is 10.9 Å². The lowest BCUT2D eigenvalue weighted by molar-refractivity contribution is 0.156. The summed E-state index contributed by atoms with van der Waals surface area (Å²) in [5, 5.41) is 3.05. The molecule has 1 aromatic heterocycles. The maximum atomic E-state index is 12.0. The van der Waals surface area contributed by atoms with E-state index in [9.17, 15) is 9.59 Å². The molecular formula is C18H22N2O3. The Morgan fingerprint density at radius 2 is 2.26 bits per heavy atom. The lowest BCUT2D eigenvalue weighted by atomic mass is 9.63. The van der Waals surface area contributed by atoms with E-state index >= 15 is 0 Å². The lowest BCUT2D eigenvalue weighted by Gasteiger charge is -2.47. The van der Waals surface area contributed by atoms with E-state index in [-0.39, 0.29) is 11.5 Å². The van der Waals surface area contributed by atoms with Crippen molar-refractivity contribution in [2.45, 2.75) is 44.6 Å². The van der Waals surface area contributed by atoms with Gasteiger partial charge in [-0.1, -0.05) is 30.7 Å². The zero-order chi connectivity index (χ0) is 16.6. The number of pyridine rings is 1. The van der Waals surface area contributed by atoms with Gasteiger partial charge in [-0.2, -0.15) is 0 Å². The molecule has 2 bridgehead atoms. The second-order valence-electron chi connectivity index (χ2n) is 6.21. The smallest absolute Gasteiger partial charge is 0.407 e. The monoisotopic (exact) mass is 314 g/mol. The van der Waals surface area contributed by atoms with Crippen LogP contribution in [-0.2, 0) is 11.2 Å². The van der Waals surface area contributed by atoms with Gasteiger partial charge < -0.3 is 15.0 Å². The zero-order valence-corrected chi connectivity index (χ0v) is 13.7. The van der Waals surface area contributed by atoms with Crippen molar-refractivity contribution in [1.29, 1.82) is 0 Å². The number of rotatable bonds is 2. The van der Waals surface area contributed by atoms with E-state index in [0.717, 1.165) is 24.1 Å². The summed E-state index contributed by atoms with van der Waals surface area (Å²) >= 11 is 0. The number of aromatic amines is 1. The summed E-state index contributed by atoms with van der Waals surface area (Å²) in [5.74, 6) is 0.0847. The number of ether oxygens (including phenoxy) is 1. The summed E-state index contributed by atoms with van der Waals surface area (Å²) in [6.45, 7) is 4.12. The summed E-state index contributed by atoms with van der Waals surface area (Å²) in [5.41, 5.74) is 3.86. The van der Waals surface area contributed by atoms with Crippen molar-refractivity contribution in [2.24, 2.45) is 0 Å². The maximum absolute atomic E-state index is 12.0. The fourth-order valence-corrected chi connectivity index (χ4v) is 3.97. The zero-order valence-electron chi connectivity index (χ0n) is 13.7. The highest BCUT2D eigenvalue weighted by Gasteiger charge is 2.47. The summed E-state index contributed by atoms with van der Waals surface area (Å²) in [7, 11) is 1.37. The van der Waals surface area contributed by atoms with E-state index in [2.05, 4.69) is 29.4 Å². The average molecular weight is 314 g/mol. The first-order valence-corrected chi connectivity index (χ1v) is 7.97. The number of allylic oxidation sites excluding steroid dienone is 2. The molecule has 1 heterocycles.